The van der Waals surface area contributed by atoms with Crippen LogP contribution in [0.15, 0.2) is 60.8 Å². The third-order valence-corrected chi connectivity index (χ3v) is 10.2. The van der Waals surface area contributed by atoms with Crippen molar-refractivity contribution in [2.75, 3.05) is 19.8 Å². The van der Waals surface area contributed by atoms with Gasteiger partial charge in [0.25, 0.3) is 0 Å². The van der Waals surface area contributed by atoms with Crippen molar-refractivity contribution in [3.63, 3.8) is 0 Å². The minimum Gasteiger partial charge on any atom is -0.480 e. The van der Waals surface area contributed by atoms with E-state index >= 15 is 0 Å². The Labute approximate surface area is 351 Å². The van der Waals surface area contributed by atoms with Crippen molar-refractivity contribution >= 4 is 25.7 Å². The largest absolute Gasteiger partial charge is 0.480 e. The average molecular weight is 838 g/mol. The Bertz CT molecular complexity index is 1210. The summed E-state index contributed by atoms with van der Waals surface area (Å²) in [5.41, 5.74) is 5.33. The summed E-state index contributed by atoms with van der Waals surface area (Å²) in [6, 6.07) is -1.53. The summed E-state index contributed by atoms with van der Waals surface area (Å²) in [5.74, 6) is -2.42. The van der Waals surface area contributed by atoms with E-state index in [9.17, 15) is 23.8 Å². The molecule has 1 unspecified atom stereocenters. The molecule has 0 aromatic heterocycles. The molecule has 0 spiro atoms. The summed E-state index contributed by atoms with van der Waals surface area (Å²) < 4.78 is 32.7. The molecule has 11 nitrogen and oxygen atoms in total. The molecule has 0 fully saturated rings. The molecule has 334 valence electrons. The lowest BCUT2D eigenvalue weighted by Gasteiger charge is -2.20. The van der Waals surface area contributed by atoms with Gasteiger partial charge in [0.1, 0.15) is 12.6 Å². The number of hydrogen-bond donors (Lipinski definition) is 3. The maximum Gasteiger partial charge on any atom is 0.472 e. The molecule has 0 aromatic rings. The molecule has 0 aromatic carbocycles. The fraction of sp³-hybridized carbons (Fsp3) is 0.717. The van der Waals surface area contributed by atoms with E-state index in [2.05, 4.69) is 79.1 Å². The molecule has 3 atom stereocenters. The normalized spacial score (nSPS) is 14.3. The number of carboxylic acid groups (broad SMARTS) is 1. The number of unbranched alkanes of at least 4 members (excludes halogenated alkanes) is 17. The van der Waals surface area contributed by atoms with Crippen molar-refractivity contribution in [1.82, 2.24) is 0 Å². The first kappa shape index (κ1) is 55.2. The lowest BCUT2D eigenvalue weighted by molar-refractivity contribution is -0.161. The second-order valence-electron chi connectivity index (χ2n) is 14.8. The third kappa shape index (κ3) is 40.0. The van der Waals surface area contributed by atoms with Crippen LogP contribution in [0.5, 0.6) is 0 Å². The minimum atomic E-state index is -4.73. The highest BCUT2D eigenvalue weighted by Gasteiger charge is 2.28. The fourth-order valence-corrected chi connectivity index (χ4v) is 6.47. The molecule has 0 bridgehead atoms. The Morgan fingerprint density at radius 2 is 0.914 bits per heavy atom. The van der Waals surface area contributed by atoms with Gasteiger partial charge in [-0.3, -0.25) is 23.4 Å². The predicted molar refractivity (Wildman–Crippen MR) is 235 cm³/mol. The first-order valence-electron chi connectivity index (χ1n) is 22.3. The first-order chi connectivity index (χ1) is 28.1. The smallest absolute Gasteiger partial charge is 0.472 e. The number of carbonyl (C=O) groups is 3. The molecule has 58 heavy (non-hydrogen) atoms. The van der Waals surface area contributed by atoms with Gasteiger partial charge >= 0.3 is 25.7 Å². The summed E-state index contributed by atoms with van der Waals surface area (Å²) in [7, 11) is -4.73. The molecular weight excluding hydrogens is 757 g/mol. The first-order valence-corrected chi connectivity index (χ1v) is 23.8. The zero-order valence-corrected chi connectivity index (χ0v) is 37.0. The van der Waals surface area contributed by atoms with E-state index in [1.165, 1.54) is 57.8 Å². The topological polar surface area (TPSA) is 172 Å². The summed E-state index contributed by atoms with van der Waals surface area (Å²) in [6.45, 7) is 2.71. The van der Waals surface area contributed by atoms with Gasteiger partial charge in [0.15, 0.2) is 6.10 Å². The monoisotopic (exact) mass is 838 g/mol. The molecule has 12 heteroatoms. The Hall–Kier alpha value is -2.82. The number of esters is 2. The number of hydrogen-bond acceptors (Lipinski definition) is 9. The Balaban J connectivity index is 4.41. The van der Waals surface area contributed by atoms with Crippen LogP contribution in [0.1, 0.15) is 181 Å². The van der Waals surface area contributed by atoms with Crippen molar-refractivity contribution in [2.24, 2.45) is 5.73 Å². The Morgan fingerprint density at radius 3 is 1.36 bits per heavy atom. The van der Waals surface area contributed by atoms with Crippen LogP contribution < -0.4 is 5.73 Å². The number of carbonyl (C=O) groups excluding carboxylic acids is 2. The van der Waals surface area contributed by atoms with Crippen LogP contribution in [-0.2, 0) is 37.5 Å². The molecule has 0 aliphatic rings. The van der Waals surface area contributed by atoms with E-state index in [1.54, 1.807) is 0 Å². The van der Waals surface area contributed by atoms with Crippen LogP contribution in [0, 0.1) is 0 Å². The summed E-state index contributed by atoms with van der Waals surface area (Å²) >= 11 is 0. The minimum absolute atomic E-state index is 0.131. The summed E-state index contributed by atoms with van der Waals surface area (Å²) in [6.07, 6.45) is 47.0. The fourth-order valence-electron chi connectivity index (χ4n) is 5.69. The van der Waals surface area contributed by atoms with Crippen LogP contribution in [-0.4, -0.2) is 59.9 Å². The van der Waals surface area contributed by atoms with Gasteiger partial charge in [-0.15, -0.1) is 0 Å². The molecule has 0 rings (SSSR count). The van der Waals surface area contributed by atoms with Crippen molar-refractivity contribution in [3.8, 4) is 0 Å². The SMILES string of the molecule is CCCCC/C=C/C/C=C/C/C=C/CCCCCCC(=O)O[C@H](COC(=O)CCCCCCCCC/C=C/C/C=C/CCCCC)COP(=O)(O)OC[C@H](N)C(=O)O. The molecule has 0 aliphatic carbocycles. The predicted octanol–water partition coefficient (Wildman–Crippen LogP) is 12.0. The van der Waals surface area contributed by atoms with Crippen LogP contribution in [0.2, 0.25) is 0 Å². The van der Waals surface area contributed by atoms with Gasteiger partial charge in [-0.1, -0.05) is 145 Å². The molecule has 0 heterocycles. The van der Waals surface area contributed by atoms with E-state index in [0.29, 0.717) is 12.8 Å². The van der Waals surface area contributed by atoms with E-state index in [1.807, 2.05) is 0 Å². The van der Waals surface area contributed by atoms with Gasteiger partial charge in [0.2, 0.25) is 0 Å². The van der Waals surface area contributed by atoms with Crippen molar-refractivity contribution in [2.45, 2.75) is 193 Å². The van der Waals surface area contributed by atoms with E-state index in [0.717, 1.165) is 83.5 Å². The molecule has 0 saturated carbocycles. The maximum atomic E-state index is 12.6. The number of rotatable bonds is 41. The molecule has 0 radical (unpaired) electrons. The summed E-state index contributed by atoms with van der Waals surface area (Å²) in [5, 5.41) is 8.89. The van der Waals surface area contributed by atoms with Crippen molar-refractivity contribution < 1.29 is 47.5 Å². The lowest BCUT2D eigenvalue weighted by Crippen LogP contribution is -2.34. The molecule has 0 saturated heterocycles. The quantitative estimate of drug-likeness (QED) is 0.0231. The van der Waals surface area contributed by atoms with Crippen LogP contribution in [0.25, 0.3) is 0 Å². The molecule has 0 amide bonds. The molecular formula is C46H80NO10P. The number of nitrogens with two attached hydrogens (primary N) is 1. The van der Waals surface area contributed by atoms with Crippen LogP contribution in [0.4, 0.5) is 0 Å². The number of aliphatic carboxylic acids is 1. The second-order valence-corrected chi connectivity index (χ2v) is 16.3. The third-order valence-electron chi connectivity index (χ3n) is 9.24. The van der Waals surface area contributed by atoms with E-state index in [-0.39, 0.29) is 19.4 Å². The van der Waals surface area contributed by atoms with Crippen LogP contribution >= 0.6 is 7.82 Å². The highest BCUT2D eigenvalue weighted by Crippen LogP contribution is 2.43. The zero-order chi connectivity index (χ0) is 42.8. The number of allylic oxidation sites excluding steroid dienone is 10. The average Bonchev–Trinajstić information content (AvgIpc) is 3.20. The number of phosphoric ester groups is 1. The van der Waals surface area contributed by atoms with Gasteiger partial charge in [0.05, 0.1) is 13.2 Å². The lowest BCUT2D eigenvalue weighted by atomic mass is 10.1. The highest BCUT2D eigenvalue weighted by atomic mass is 31.2. The Kier molecular flexibility index (Phi) is 38.9. The Morgan fingerprint density at radius 1 is 0.534 bits per heavy atom. The second kappa shape index (κ2) is 40.9. The van der Waals surface area contributed by atoms with Crippen LogP contribution in [0.3, 0.4) is 0 Å². The van der Waals surface area contributed by atoms with Crippen molar-refractivity contribution in [1.29, 1.82) is 0 Å². The van der Waals surface area contributed by atoms with Gasteiger partial charge < -0.3 is 25.2 Å². The van der Waals surface area contributed by atoms with Gasteiger partial charge in [-0.2, -0.15) is 0 Å². The molecule has 0 aliphatic heterocycles. The highest BCUT2D eigenvalue weighted by molar-refractivity contribution is 7.47. The molecule has 4 N–H and O–H groups in total. The zero-order valence-electron chi connectivity index (χ0n) is 36.1. The number of carboxylic acids is 1. The van der Waals surface area contributed by atoms with Gasteiger partial charge in [-0.25, -0.2) is 4.57 Å². The van der Waals surface area contributed by atoms with Gasteiger partial charge in [-0.05, 0) is 83.5 Å². The summed E-state index contributed by atoms with van der Waals surface area (Å²) in [4.78, 5) is 46.0. The van der Waals surface area contributed by atoms with E-state index < -0.39 is 51.1 Å². The number of phosphoric acid groups is 1. The maximum absolute atomic E-state index is 12.6. The standard InChI is InChI=1S/C46H80NO10P/c1-3-5-7-9-11-13-15-17-19-21-23-25-27-29-31-33-35-37-44(48)54-39-42(40-55-58(52,53)56-41-43(47)46(50)51)57-45(49)38-36-34-32-30-28-26-24-22-20-18-16-14-12-10-8-6-4-2/h11-14,17-20,24,26,42-43H,3-10,15-16,21-23,25,27-41,47H2,1-2H3,(H,50,51)(H,52,53)/b13-11+,14-12+,19-17+,20-18+,26-24+/t42-,43+/m1/s1. The van der Waals surface area contributed by atoms with Crippen molar-refractivity contribution in [3.05, 3.63) is 60.8 Å². The van der Waals surface area contributed by atoms with Gasteiger partial charge in [0, 0.05) is 12.8 Å². The number of ether oxygens (including phenoxy) is 2. The van der Waals surface area contributed by atoms with E-state index in [4.69, 9.17) is 24.8 Å².